The summed E-state index contributed by atoms with van der Waals surface area (Å²) in [5, 5.41) is 8.77. The first-order chi connectivity index (χ1) is 8.45. The van der Waals surface area contributed by atoms with Gasteiger partial charge in [0.1, 0.15) is 0 Å². The Morgan fingerprint density at radius 2 is 2.22 bits per heavy atom. The first-order valence-corrected chi connectivity index (χ1v) is 6.27. The number of carbonyl (C=O) groups excluding carboxylic acids is 1. The average molecular weight is 254 g/mol. The Bertz CT molecular complexity index is 330. The van der Waals surface area contributed by atoms with E-state index in [0.717, 1.165) is 13.1 Å². The number of rotatable bonds is 5. The predicted octanol–water partition coefficient (Wildman–Crippen LogP) is 0.816. The lowest BCUT2D eigenvalue weighted by Gasteiger charge is -2.28. The molecular formula is C13H22N2O3. The molecule has 0 aromatic carbocycles. The number of carbonyl (C=O) groups is 2. The molecule has 1 N–H and O–H groups in total. The number of nitrogens with zero attached hydrogens (tertiary/aromatic N) is 2. The van der Waals surface area contributed by atoms with Gasteiger partial charge >= 0.3 is 5.97 Å². The third-order valence-corrected chi connectivity index (χ3v) is 3.23. The van der Waals surface area contributed by atoms with Gasteiger partial charge in [0.15, 0.2) is 0 Å². The Hall–Kier alpha value is -1.36. The van der Waals surface area contributed by atoms with Crippen LogP contribution in [0.5, 0.6) is 0 Å². The molecule has 0 aliphatic carbocycles. The van der Waals surface area contributed by atoms with Crippen molar-refractivity contribution < 1.29 is 14.7 Å². The topological polar surface area (TPSA) is 60.9 Å². The van der Waals surface area contributed by atoms with E-state index in [1.807, 2.05) is 4.90 Å². The van der Waals surface area contributed by atoms with E-state index < -0.39 is 5.97 Å². The molecule has 1 fully saturated rings. The van der Waals surface area contributed by atoms with Crippen molar-refractivity contribution in [3.8, 4) is 0 Å². The van der Waals surface area contributed by atoms with Gasteiger partial charge in [-0.2, -0.15) is 0 Å². The van der Waals surface area contributed by atoms with E-state index in [1.54, 1.807) is 18.0 Å². The Labute approximate surface area is 108 Å². The monoisotopic (exact) mass is 254 g/mol. The first kappa shape index (κ1) is 14.7. The molecule has 0 aromatic heterocycles. The second-order valence-electron chi connectivity index (χ2n) is 5.01. The van der Waals surface area contributed by atoms with Crippen molar-refractivity contribution in [1.82, 2.24) is 9.80 Å². The minimum Gasteiger partial charge on any atom is -0.481 e. The summed E-state index contributed by atoms with van der Waals surface area (Å²) in [6, 6.07) is -0.339. The minimum atomic E-state index is -0.860. The highest BCUT2D eigenvalue weighted by Crippen LogP contribution is 2.18. The lowest BCUT2D eigenvalue weighted by Crippen LogP contribution is -2.45. The molecule has 0 saturated carbocycles. The van der Waals surface area contributed by atoms with Crippen LogP contribution >= 0.6 is 0 Å². The van der Waals surface area contributed by atoms with Gasteiger partial charge in [-0.05, 0) is 12.3 Å². The van der Waals surface area contributed by atoms with E-state index in [1.165, 1.54) is 0 Å². The van der Waals surface area contributed by atoms with Gasteiger partial charge in [-0.3, -0.25) is 14.5 Å². The lowest BCUT2D eigenvalue weighted by atomic mass is 10.1. The zero-order chi connectivity index (χ0) is 13.7. The van der Waals surface area contributed by atoms with Gasteiger partial charge in [0.05, 0.1) is 6.04 Å². The van der Waals surface area contributed by atoms with Crippen molar-refractivity contribution in [2.24, 2.45) is 5.92 Å². The van der Waals surface area contributed by atoms with E-state index in [4.69, 9.17) is 5.11 Å². The fourth-order valence-electron chi connectivity index (χ4n) is 2.49. The number of likely N-dealkylation sites (N-methyl/N-ethyl adjacent to an activating group) is 1. The van der Waals surface area contributed by atoms with Crippen LogP contribution in [0.4, 0.5) is 0 Å². The molecule has 1 rings (SSSR count). The summed E-state index contributed by atoms with van der Waals surface area (Å²) in [4.78, 5) is 26.7. The molecule has 18 heavy (non-hydrogen) atoms. The number of carboxylic acid groups (broad SMARTS) is 1. The average Bonchev–Trinajstić information content (AvgIpc) is 2.36. The van der Waals surface area contributed by atoms with E-state index in [-0.39, 0.29) is 18.4 Å². The molecule has 5 nitrogen and oxygen atoms in total. The molecule has 0 aromatic rings. The maximum Gasteiger partial charge on any atom is 0.303 e. The number of hydrogen-bond acceptors (Lipinski definition) is 3. The van der Waals surface area contributed by atoms with Crippen LogP contribution in [-0.2, 0) is 9.59 Å². The Morgan fingerprint density at radius 3 is 2.78 bits per heavy atom. The quantitative estimate of drug-likeness (QED) is 0.738. The zero-order valence-corrected chi connectivity index (χ0v) is 11.1. The van der Waals surface area contributed by atoms with E-state index in [0.29, 0.717) is 18.9 Å². The second kappa shape index (κ2) is 6.54. The summed E-state index contributed by atoms with van der Waals surface area (Å²) in [6.45, 7) is 7.93. The van der Waals surface area contributed by atoms with Gasteiger partial charge in [0.25, 0.3) is 0 Å². The summed E-state index contributed by atoms with van der Waals surface area (Å²) < 4.78 is 0. The predicted molar refractivity (Wildman–Crippen MR) is 69.2 cm³/mol. The Morgan fingerprint density at radius 1 is 1.56 bits per heavy atom. The summed E-state index contributed by atoms with van der Waals surface area (Å²) in [6.07, 6.45) is 2.14. The van der Waals surface area contributed by atoms with Crippen molar-refractivity contribution in [1.29, 1.82) is 0 Å². The van der Waals surface area contributed by atoms with Gasteiger partial charge in [-0.25, -0.2) is 0 Å². The Balaban J connectivity index is 2.83. The van der Waals surface area contributed by atoms with E-state index in [2.05, 4.69) is 13.5 Å². The molecule has 5 heteroatoms. The number of hydrogen-bond donors (Lipinski definition) is 1. The highest BCUT2D eigenvalue weighted by molar-refractivity contribution is 5.82. The number of amides is 1. The van der Waals surface area contributed by atoms with Gasteiger partial charge in [-0.1, -0.05) is 13.0 Å². The lowest BCUT2D eigenvalue weighted by molar-refractivity contribution is -0.138. The molecule has 2 atom stereocenters. The SMILES string of the molecule is C=CCN1CC(C)CN(C)C(=O)C1CCC(=O)O. The van der Waals surface area contributed by atoms with Crippen LogP contribution in [0.3, 0.4) is 0 Å². The van der Waals surface area contributed by atoms with Gasteiger partial charge in [-0.15, -0.1) is 6.58 Å². The first-order valence-electron chi connectivity index (χ1n) is 6.27. The standard InChI is InChI=1S/C13H22N2O3/c1-4-7-15-9-10(2)8-14(3)13(18)11(15)5-6-12(16)17/h4,10-11H,1,5-9H2,2-3H3,(H,16,17). The fraction of sp³-hybridized carbons (Fsp3) is 0.692. The van der Waals surface area contributed by atoms with Crippen molar-refractivity contribution >= 4 is 11.9 Å². The highest BCUT2D eigenvalue weighted by Gasteiger charge is 2.32. The van der Waals surface area contributed by atoms with Crippen LogP contribution in [0, 0.1) is 5.92 Å². The molecule has 0 radical (unpaired) electrons. The smallest absolute Gasteiger partial charge is 0.303 e. The normalized spacial score (nSPS) is 25.9. The molecule has 102 valence electrons. The Kier molecular flexibility index (Phi) is 5.34. The third kappa shape index (κ3) is 3.84. The third-order valence-electron chi connectivity index (χ3n) is 3.23. The molecule has 1 saturated heterocycles. The minimum absolute atomic E-state index is 0.0162. The van der Waals surface area contributed by atoms with Crippen LogP contribution in [0.1, 0.15) is 19.8 Å². The molecule has 1 aliphatic rings. The molecule has 2 unspecified atom stereocenters. The van der Waals surface area contributed by atoms with Gasteiger partial charge < -0.3 is 10.0 Å². The summed E-state index contributed by atoms with van der Waals surface area (Å²) in [5.74, 6) is -0.461. The molecule has 1 heterocycles. The van der Waals surface area contributed by atoms with Crippen LogP contribution in [0.2, 0.25) is 0 Å². The largest absolute Gasteiger partial charge is 0.481 e. The molecule has 0 bridgehead atoms. The van der Waals surface area contributed by atoms with Crippen LogP contribution in [0.15, 0.2) is 12.7 Å². The van der Waals surface area contributed by atoms with E-state index >= 15 is 0 Å². The maximum atomic E-state index is 12.2. The summed E-state index contributed by atoms with van der Waals surface area (Å²) >= 11 is 0. The summed E-state index contributed by atoms with van der Waals surface area (Å²) in [5.41, 5.74) is 0. The molecule has 1 aliphatic heterocycles. The molecular weight excluding hydrogens is 232 g/mol. The second-order valence-corrected chi connectivity index (χ2v) is 5.01. The van der Waals surface area contributed by atoms with Crippen LogP contribution in [0.25, 0.3) is 0 Å². The van der Waals surface area contributed by atoms with Gasteiger partial charge in [0, 0.05) is 33.1 Å². The highest BCUT2D eigenvalue weighted by atomic mass is 16.4. The van der Waals surface area contributed by atoms with Crippen molar-refractivity contribution in [2.45, 2.75) is 25.8 Å². The number of aliphatic carboxylic acids is 1. The van der Waals surface area contributed by atoms with Crippen molar-refractivity contribution in [2.75, 3.05) is 26.7 Å². The van der Waals surface area contributed by atoms with Crippen LogP contribution in [-0.4, -0.2) is 59.5 Å². The maximum absolute atomic E-state index is 12.2. The summed E-state index contributed by atoms with van der Waals surface area (Å²) in [7, 11) is 1.78. The van der Waals surface area contributed by atoms with Crippen molar-refractivity contribution in [3.63, 3.8) is 0 Å². The molecule has 0 spiro atoms. The zero-order valence-electron chi connectivity index (χ0n) is 11.1. The number of carboxylic acids is 1. The van der Waals surface area contributed by atoms with E-state index in [9.17, 15) is 9.59 Å². The van der Waals surface area contributed by atoms with Crippen LogP contribution < -0.4 is 0 Å². The fourth-order valence-corrected chi connectivity index (χ4v) is 2.49. The molecule has 1 amide bonds. The van der Waals surface area contributed by atoms with Gasteiger partial charge in [0.2, 0.25) is 5.91 Å². The van der Waals surface area contributed by atoms with Crippen molar-refractivity contribution in [3.05, 3.63) is 12.7 Å².